The average Bonchev–Trinajstić information content (AvgIpc) is 3.50. The van der Waals surface area contributed by atoms with Gasteiger partial charge >= 0.3 is 5.97 Å². The number of hydrogen-bond acceptors (Lipinski definition) is 8. The lowest BCUT2D eigenvalue weighted by Crippen LogP contribution is -2.17. The second-order valence-corrected chi connectivity index (χ2v) is 8.23. The molecule has 8 nitrogen and oxygen atoms in total. The number of carbonyl (C=O) groups excluding carboxylic acids is 1. The fourth-order valence-corrected chi connectivity index (χ4v) is 3.64. The van der Waals surface area contributed by atoms with Gasteiger partial charge in [-0.05, 0) is 31.0 Å². The lowest BCUT2D eigenvalue weighted by molar-refractivity contribution is -0.131. The molecule has 0 aromatic heterocycles. The van der Waals surface area contributed by atoms with Gasteiger partial charge in [0.15, 0.2) is 0 Å². The molecular formula is C26H24N4O4. The summed E-state index contributed by atoms with van der Waals surface area (Å²) in [5, 5.41) is 11.6. The lowest BCUT2D eigenvalue weighted by Gasteiger charge is -2.20. The van der Waals surface area contributed by atoms with Crippen LogP contribution >= 0.6 is 0 Å². The molecule has 0 spiro atoms. The topological polar surface area (TPSA) is 76.0 Å². The molecule has 2 aliphatic heterocycles. The number of hydrazone groups is 2. The molecule has 0 amide bonds. The third kappa shape index (κ3) is 4.68. The van der Waals surface area contributed by atoms with Gasteiger partial charge in [-0.2, -0.15) is 10.2 Å². The van der Waals surface area contributed by atoms with Crippen LogP contribution < -0.4 is 15.1 Å². The van der Waals surface area contributed by atoms with Crippen LogP contribution in [0.4, 0.5) is 11.4 Å². The maximum absolute atomic E-state index is 11.6. The summed E-state index contributed by atoms with van der Waals surface area (Å²) >= 11 is 0. The first kappa shape index (κ1) is 21.8. The van der Waals surface area contributed by atoms with E-state index in [1.165, 1.54) is 28.4 Å². The molecule has 2 unspecified atom stereocenters. The van der Waals surface area contributed by atoms with Gasteiger partial charge in [-0.1, -0.05) is 59.7 Å². The largest absolute Gasteiger partial charge is 0.427 e. The molecular weight excluding hydrogens is 432 g/mol. The number of carbonyl (C=O) groups is 1. The fourth-order valence-electron chi connectivity index (χ4n) is 3.64. The van der Waals surface area contributed by atoms with Gasteiger partial charge in [0.05, 0.1) is 23.8 Å². The molecule has 0 saturated heterocycles. The second kappa shape index (κ2) is 9.09. The molecule has 172 valence electrons. The number of ether oxygens (including phenoxy) is 1. The molecule has 3 aromatic rings. The van der Waals surface area contributed by atoms with Crippen LogP contribution in [0.15, 0.2) is 76.9 Å². The van der Waals surface area contributed by atoms with Gasteiger partial charge < -0.3 is 4.74 Å². The van der Waals surface area contributed by atoms with Crippen LogP contribution in [-0.2, 0) is 14.5 Å². The Hall–Kier alpha value is -4.01. The number of nitrogens with zero attached hydrogens (tertiary/aromatic N) is 4. The maximum Gasteiger partial charge on any atom is 0.308 e. The van der Waals surface area contributed by atoms with Crippen molar-refractivity contribution in [2.24, 2.45) is 10.2 Å². The van der Waals surface area contributed by atoms with Crippen molar-refractivity contribution in [3.05, 3.63) is 89.0 Å². The number of rotatable bonds is 5. The van der Waals surface area contributed by atoms with E-state index in [2.05, 4.69) is 10.2 Å². The average molecular weight is 457 g/mol. The van der Waals surface area contributed by atoms with Gasteiger partial charge in [-0.3, -0.25) is 4.79 Å². The SMILES string of the molecule is CC(=O)Oc1cc(N2N=CC(c3ccc(C)cc3)O2)cc(N2N=CC(c3ccc(C)cc3)O2)c1. The molecule has 0 N–H and O–H groups in total. The summed E-state index contributed by atoms with van der Waals surface area (Å²) < 4.78 is 5.36. The third-order valence-corrected chi connectivity index (χ3v) is 5.43. The summed E-state index contributed by atoms with van der Waals surface area (Å²) in [7, 11) is 0. The molecule has 0 saturated carbocycles. The minimum absolute atomic E-state index is 0.326. The van der Waals surface area contributed by atoms with E-state index >= 15 is 0 Å². The highest BCUT2D eigenvalue weighted by molar-refractivity contribution is 5.75. The smallest absolute Gasteiger partial charge is 0.308 e. The van der Waals surface area contributed by atoms with Crippen molar-refractivity contribution in [1.82, 2.24) is 0 Å². The van der Waals surface area contributed by atoms with Crippen molar-refractivity contribution in [3.63, 3.8) is 0 Å². The van der Waals surface area contributed by atoms with E-state index in [0.29, 0.717) is 17.1 Å². The first-order valence-electron chi connectivity index (χ1n) is 10.9. The van der Waals surface area contributed by atoms with Crippen LogP contribution in [0.1, 0.15) is 41.4 Å². The summed E-state index contributed by atoms with van der Waals surface area (Å²) in [4.78, 5) is 23.7. The Kier molecular flexibility index (Phi) is 5.83. The van der Waals surface area contributed by atoms with Gasteiger partial charge in [-0.25, -0.2) is 9.68 Å². The first-order chi connectivity index (χ1) is 16.4. The molecule has 5 rings (SSSR count). The van der Waals surface area contributed by atoms with E-state index in [4.69, 9.17) is 14.4 Å². The number of esters is 1. The minimum atomic E-state index is -0.435. The van der Waals surface area contributed by atoms with Crippen LogP contribution in [0.3, 0.4) is 0 Å². The summed E-state index contributed by atoms with van der Waals surface area (Å²) in [6.45, 7) is 5.42. The predicted molar refractivity (Wildman–Crippen MR) is 130 cm³/mol. The Labute approximate surface area is 197 Å². The molecule has 2 aliphatic rings. The Bertz CT molecular complexity index is 1170. The highest BCUT2D eigenvalue weighted by atomic mass is 16.7. The number of hydrogen-bond donors (Lipinski definition) is 0. The van der Waals surface area contributed by atoms with Gasteiger partial charge in [-0.15, -0.1) is 10.3 Å². The van der Waals surface area contributed by atoms with E-state index in [1.807, 2.05) is 62.4 Å². The fraction of sp³-hybridized carbons (Fsp3) is 0.192. The number of anilines is 2. The van der Waals surface area contributed by atoms with Crippen molar-refractivity contribution in [3.8, 4) is 5.75 Å². The summed E-state index contributed by atoms with van der Waals surface area (Å²) in [5.74, 6) is -0.106. The van der Waals surface area contributed by atoms with E-state index in [-0.39, 0.29) is 12.2 Å². The summed E-state index contributed by atoms with van der Waals surface area (Å²) in [6.07, 6.45) is 2.79. The molecule has 0 radical (unpaired) electrons. The van der Waals surface area contributed by atoms with E-state index in [0.717, 1.165) is 11.1 Å². The quantitative estimate of drug-likeness (QED) is 0.389. The predicted octanol–water partition coefficient (Wildman–Crippen LogP) is 5.19. The Morgan fingerprint density at radius 1 is 0.765 bits per heavy atom. The van der Waals surface area contributed by atoms with Gasteiger partial charge in [0, 0.05) is 19.1 Å². The van der Waals surface area contributed by atoms with Crippen molar-refractivity contribution in [1.29, 1.82) is 0 Å². The monoisotopic (exact) mass is 456 g/mol. The van der Waals surface area contributed by atoms with E-state index in [1.54, 1.807) is 30.6 Å². The van der Waals surface area contributed by atoms with Crippen molar-refractivity contribution in [2.45, 2.75) is 33.0 Å². The zero-order valence-electron chi connectivity index (χ0n) is 19.1. The van der Waals surface area contributed by atoms with Crippen LogP contribution in [0.2, 0.25) is 0 Å². The molecule has 0 bridgehead atoms. The van der Waals surface area contributed by atoms with Gasteiger partial charge in [0.25, 0.3) is 0 Å². The Morgan fingerprint density at radius 2 is 1.21 bits per heavy atom. The number of benzene rings is 3. The standard InChI is InChI=1S/C26H24N4O4/c1-17-4-8-20(9-5-17)25-15-27-29(33-25)22-12-23(14-24(13-22)32-19(3)31)30-28-16-26(34-30)21-10-6-18(2)7-11-21/h4-16,25-26H,1-3H3. The normalized spacial score (nSPS) is 19.1. The van der Waals surface area contributed by atoms with E-state index < -0.39 is 5.97 Å². The Morgan fingerprint density at radius 3 is 1.62 bits per heavy atom. The van der Waals surface area contributed by atoms with Crippen molar-refractivity contribution >= 4 is 29.8 Å². The number of aryl methyl sites for hydroxylation is 2. The van der Waals surface area contributed by atoms with Crippen LogP contribution in [0.25, 0.3) is 0 Å². The maximum atomic E-state index is 11.6. The van der Waals surface area contributed by atoms with Gasteiger partial charge in [0.2, 0.25) is 0 Å². The molecule has 0 fully saturated rings. The first-order valence-corrected chi connectivity index (χ1v) is 10.9. The molecule has 2 heterocycles. The van der Waals surface area contributed by atoms with Crippen molar-refractivity contribution in [2.75, 3.05) is 10.3 Å². The molecule has 8 heteroatoms. The minimum Gasteiger partial charge on any atom is -0.427 e. The zero-order chi connectivity index (χ0) is 23.7. The molecule has 0 aliphatic carbocycles. The van der Waals surface area contributed by atoms with Crippen LogP contribution in [0, 0.1) is 13.8 Å². The van der Waals surface area contributed by atoms with Crippen LogP contribution in [0.5, 0.6) is 5.75 Å². The second-order valence-electron chi connectivity index (χ2n) is 8.23. The molecule has 2 atom stereocenters. The highest BCUT2D eigenvalue weighted by Gasteiger charge is 2.26. The summed E-state index contributed by atoms with van der Waals surface area (Å²) in [5.41, 5.74) is 5.45. The highest BCUT2D eigenvalue weighted by Crippen LogP contribution is 2.36. The van der Waals surface area contributed by atoms with Crippen molar-refractivity contribution < 1.29 is 19.2 Å². The Balaban J connectivity index is 1.38. The van der Waals surface area contributed by atoms with Crippen LogP contribution in [-0.4, -0.2) is 18.4 Å². The van der Waals surface area contributed by atoms with E-state index in [9.17, 15) is 4.79 Å². The van der Waals surface area contributed by atoms with Gasteiger partial charge in [0.1, 0.15) is 18.0 Å². The zero-order valence-corrected chi connectivity index (χ0v) is 19.1. The lowest BCUT2D eigenvalue weighted by atomic mass is 10.1. The third-order valence-electron chi connectivity index (χ3n) is 5.43. The summed E-state index contributed by atoms with van der Waals surface area (Å²) in [6, 6.07) is 21.3. The molecule has 3 aromatic carbocycles. The molecule has 34 heavy (non-hydrogen) atoms.